The van der Waals surface area contributed by atoms with Crippen LogP contribution in [0.2, 0.25) is 0 Å². The van der Waals surface area contributed by atoms with Gasteiger partial charge >= 0.3 is 0 Å². The van der Waals surface area contributed by atoms with Crippen LogP contribution in [0.15, 0.2) is 10.9 Å². The average Bonchev–Trinajstić information content (AvgIpc) is 2.50. The smallest absolute Gasteiger partial charge is 0.255 e. The van der Waals surface area contributed by atoms with E-state index in [1.54, 1.807) is 25.8 Å². The first-order chi connectivity index (χ1) is 11.9. The van der Waals surface area contributed by atoms with Gasteiger partial charge in [-0.3, -0.25) is 14.4 Å². The minimum atomic E-state index is -0.291. The molecular weight excluding hydrogens is 332 g/mol. The highest BCUT2D eigenvalue weighted by Crippen LogP contribution is 2.18. The van der Waals surface area contributed by atoms with Crippen molar-refractivity contribution in [3.8, 4) is 0 Å². The minimum absolute atomic E-state index is 0.0188. The quantitative estimate of drug-likeness (QED) is 0.755. The summed E-state index contributed by atoms with van der Waals surface area (Å²) in [7, 11) is 1.72. The molecule has 1 aromatic rings. The second-order valence-corrected chi connectivity index (χ2v) is 7.96. The number of amides is 2. The molecule has 26 heavy (non-hydrogen) atoms. The number of aryl methyl sites for hydroxylation is 1. The SMILES string of the molecule is Cc1cc(=O)n(CC(=O)NC(C)C)c(C)c1C(=O)N(C)CC(C)(C)CN. The number of carbonyl (C=O) groups is 2. The lowest BCUT2D eigenvalue weighted by Crippen LogP contribution is -2.41. The molecule has 1 heterocycles. The van der Waals surface area contributed by atoms with E-state index in [9.17, 15) is 14.4 Å². The van der Waals surface area contributed by atoms with Crippen LogP contribution >= 0.6 is 0 Å². The van der Waals surface area contributed by atoms with Crippen molar-refractivity contribution in [2.24, 2.45) is 11.1 Å². The molecular formula is C19H32N4O3. The first kappa shape index (κ1) is 21.9. The minimum Gasteiger partial charge on any atom is -0.352 e. The Morgan fingerprint density at radius 1 is 1.31 bits per heavy atom. The number of hydrogen-bond acceptors (Lipinski definition) is 4. The third kappa shape index (κ3) is 5.42. The molecule has 7 nitrogen and oxygen atoms in total. The monoisotopic (exact) mass is 364 g/mol. The Labute approximate surface area is 155 Å². The van der Waals surface area contributed by atoms with Gasteiger partial charge < -0.3 is 20.5 Å². The van der Waals surface area contributed by atoms with E-state index >= 15 is 0 Å². The third-order valence-electron chi connectivity index (χ3n) is 4.30. The molecule has 2 amide bonds. The van der Waals surface area contributed by atoms with E-state index in [2.05, 4.69) is 5.32 Å². The Kier molecular flexibility index (Phi) is 7.15. The molecule has 0 radical (unpaired) electrons. The Bertz CT molecular complexity index is 735. The van der Waals surface area contributed by atoms with Crippen molar-refractivity contribution >= 4 is 11.8 Å². The van der Waals surface area contributed by atoms with Gasteiger partial charge in [0.2, 0.25) is 5.91 Å². The molecule has 0 aromatic carbocycles. The molecule has 0 fully saturated rings. The van der Waals surface area contributed by atoms with Crippen molar-refractivity contribution in [3.05, 3.63) is 33.2 Å². The maximum absolute atomic E-state index is 13.0. The number of aromatic nitrogens is 1. The molecule has 146 valence electrons. The molecule has 0 atom stereocenters. The van der Waals surface area contributed by atoms with Gasteiger partial charge in [-0.25, -0.2) is 0 Å². The number of pyridine rings is 1. The Morgan fingerprint density at radius 3 is 2.38 bits per heavy atom. The number of nitrogens with one attached hydrogen (secondary N) is 1. The van der Waals surface area contributed by atoms with Gasteiger partial charge in [0.25, 0.3) is 11.5 Å². The molecule has 0 aliphatic carbocycles. The number of nitrogens with zero attached hydrogens (tertiary/aromatic N) is 2. The van der Waals surface area contributed by atoms with Crippen LogP contribution in [-0.4, -0.2) is 47.5 Å². The average molecular weight is 364 g/mol. The highest BCUT2D eigenvalue weighted by atomic mass is 16.2. The summed E-state index contributed by atoms with van der Waals surface area (Å²) in [6, 6.07) is 1.39. The van der Waals surface area contributed by atoms with Crippen LogP contribution in [0.5, 0.6) is 0 Å². The summed E-state index contributed by atoms with van der Waals surface area (Å²) in [6.45, 7) is 12.0. The molecule has 1 aromatic heterocycles. The van der Waals surface area contributed by atoms with Gasteiger partial charge in [-0.15, -0.1) is 0 Å². The fraction of sp³-hybridized carbons (Fsp3) is 0.632. The Balaban J connectivity index is 3.24. The lowest BCUT2D eigenvalue weighted by Gasteiger charge is -2.30. The van der Waals surface area contributed by atoms with Gasteiger partial charge in [-0.2, -0.15) is 0 Å². The van der Waals surface area contributed by atoms with Crippen LogP contribution in [0.4, 0.5) is 0 Å². The summed E-state index contributed by atoms with van der Waals surface area (Å²) in [5.41, 5.74) is 6.82. The van der Waals surface area contributed by atoms with Crippen LogP contribution in [-0.2, 0) is 11.3 Å². The lowest BCUT2D eigenvalue weighted by molar-refractivity contribution is -0.122. The summed E-state index contributed by atoms with van der Waals surface area (Å²) in [5, 5.41) is 2.76. The zero-order valence-corrected chi connectivity index (χ0v) is 17.0. The van der Waals surface area contributed by atoms with Gasteiger partial charge in [0.1, 0.15) is 6.54 Å². The highest BCUT2D eigenvalue weighted by Gasteiger charge is 2.25. The molecule has 0 saturated carbocycles. The van der Waals surface area contributed by atoms with Gasteiger partial charge in [0, 0.05) is 31.4 Å². The van der Waals surface area contributed by atoms with Gasteiger partial charge in [-0.1, -0.05) is 13.8 Å². The Morgan fingerprint density at radius 2 is 1.88 bits per heavy atom. The predicted molar refractivity (Wildman–Crippen MR) is 103 cm³/mol. The van der Waals surface area contributed by atoms with E-state index in [1.807, 2.05) is 27.7 Å². The molecule has 3 N–H and O–H groups in total. The van der Waals surface area contributed by atoms with Crippen LogP contribution in [0.3, 0.4) is 0 Å². The van der Waals surface area contributed by atoms with Crippen molar-refractivity contribution in [3.63, 3.8) is 0 Å². The molecule has 7 heteroatoms. The summed E-state index contributed by atoms with van der Waals surface area (Å²) < 4.78 is 1.35. The standard InChI is InChI=1S/C19H32N4O3/c1-12(2)21-15(24)9-23-14(4)17(13(3)8-16(23)25)18(26)22(7)11-19(5,6)10-20/h8,12H,9-11,20H2,1-7H3,(H,21,24). The maximum atomic E-state index is 13.0. The van der Waals surface area contributed by atoms with E-state index in [-0.39, 0.29) is 35.4 Å². The van der Waals surface area contributed by atoms with Gasteiger partial charge in [0.15, 0.2) is 0 Å². The lowest BCUT2D eigenvalue weighted by atomic mass is 9.93. The topological polar surface area (TPSA) is 97.4 Å². The number of rotatable bonds is 7. The van der Waals surface area contributed by atoms with Crippen LogP contribution in [0, 0.1) is 19.3 Å². The van der Waals surface area contributed by atoms with Crippen molar-refractivity contribution in [1.82, 2.24) is 14.8 Å². The van der Waals surface area contributed by atoms with Crippen molar-refractivity contribution in [2.45, 2.75) is 54.1 Å². The molecule has 0 bridgehead atoms. The van der Waals surface area contributed by atoms with Gasteiger partial charge in [0.05, 0.1) is 5.56 Å². The van der Waals surface area contributed by atoms with Gasteiger partial charge in [-0.05, 0) is 45.2 Å². The van der Waals surface area contributed by atoms with Crippen LogP contribution < -0.4 is 16.6 Å². The van der Waals surface area contributed by atoms with E-state index in [4.69, 9.17) is 5.73 Å². The fourth-order valence-electron chi connectivity index (χ4n) is 2.92. The highest BCUT2D eigenvalue weighted by molar-refractivity contribution is 5.96. The fourth-order valence-corrected chi connectivity index (χ4v) is 2.92. The van der Waals surface area contributed by atoms with Crippen molar-refractivity contribution in [1.29, 1.82) is 0 Å². The zero-order chi connectivity index (χ0) is 20.2. The molecule has 0 aliphatic heterocycles. The van der Waals surface area contributed by atoms with Crippen LogP contribution in [0.1, 0.15) is 49.3 Å². The second kappa shape index (κ2) is 8.49. The van der Waals surface area contributed by atoms with Crippen LogP contribution in [0.25, 0.3) is 0 Å². The summed E-state index contributed by atoms with van der Waals surface area (Å²) in [6.07, 6.45) is 0. The summed E-state index contributed by atoms with van der Waals surface area (Å²) in [4.78, 5) is 39.0. The molecule has 0 spiro atoms. The summed E-state index contributed by atoms with van der Waals surface area (Å²) in [5.74, 6) is -0.440. The number of carbonyl (C=O) groups excluding carboxylic acids is 2. The van der Waals surface area contributed by atoms with E-state index in [1.165, 1.54) is 10.6 Å². The first-order valence-corrected chi connectivity index (χ1v) is 8.85. The zero-order valence-electron chi connectivity index (χ0n) is 17.0. The van der Waals surface area contributed by atoms with E-state index in [0.717, 1.165) is 0 Å². The van der Waals surface area contributed by atoms with Crippen molar-refractivity contribution in [2.75, 3.05) is 20.1 Å². The predicted octanol–water partition coefficient (Wildman–Crippen LogP) is 1.05. The molecule has 1 rings (SSSR count). The normalized spacial score (nSPS) is 11.6. The molecule has 0 aliphatic rings. The number of hydrogen-bond donors (Lipinski definition) is 2. The van der Waals surface area contributed by atoms with E-state index < -0.39 is 0 Å². The summed E-state index contributed by atoms with van der Waals surface area (Å²) >= 11 is 0. The third-order valence-corrected chi connectivity index (χ3v) is 4.30. The molecule has 0 unspecified atom stereocenters. The second-order valence-electron chi connectivity index (χ2n) is 7.96. The van der Waals surface area contributed by atoms with E-state index in [0.29, 0.717) is 29.9 Å². The van der Waals surface area contributed by atoms with Crippen molar-refractivity contribution < 1.29 is 9.59 Å². The number of nitrogens with two attached hydrogens (primary N) is 1. The maximum Gasteiger partial charge on any atom is 0.255 e. The Hall–Kier alpha value is -2.15. The molecule has 0 saturated heterocycles. The largest absolute Gasteiger partial charge is 0.352 e. The first-order valence-electron chi connectivity index (χ1n) is 8.85.